The van der Waals surface area contributed by atoms with Gasteiger partial charge < -0.3 is 14.6 Å². The van der Waals surface area contributed by atoms with E-state index in [4.69, 9.17) is 21.1 Å². The zero-order chi connectivity index (χ0) is 25.4. The molecule has 4 rings (SSSR count). The van der Waals surface area contributed by atoms with Crippen LogP contribution in [0.4, 0.5) is 9.52 Å². The molecule has 1 saturated heterocycles. The van der Waals surface area contributed by atoms with E-state index in [0.717, 1.165) is 22.3 Å². The largest absolute Gasteiger partial charge is 0.507 e. The molecule has 1 fully saturated rings. The highest BCUT2D eigenvalue weighted by Crippen LogP contribution is 2.44. The van der Waals surface area contributed by atoms with Crippen molar-refractivity contribution in [3.63, 3.8) is 0 Å². The van der Waals surface area contributed by atoms with Gasteiger partial charge in [0, 0.05) is 5.56 Å². The number of hydrogen-bond donors (Lipinski definition) is 1. The van der Waals surface area contributed by atoms with Crippen molar-refractivity contribution in [1.29, 1.82) is 0 Å². The molecule has 0 bridgehead atoms. The number of anilines is 1. The molecule has 3 aromatic rings. The number of halogens is 2. The average molecular weight is 517 g/mol. The number of aryl methyl sites for hydroxylation is 1. The number of nitrogens with zero attached hydrogens (tertiary/aromatic N) is 2. The molecule has 1 N–H and O–H groups in total. The molecular weight excluding hydrogens is 499 g/mol. The first kappa shape index (κ1) is 24.4. The summed E-state index contributed by atoms with van der Waals surface area (Å²) in [5.41, 5.74) is 0.381. The quantitative estimate of drug-likeness (QED) is 0.227. The van der Waals surface area contributed by atoms with Gasteiger partial charge in [-0.05, 0) is 42.8 Å². The Hall–Kier alpha value is -3.76. The van der Waals surface area contributed by atoms with Crippen molar-refractivity contribution in [2.75, 3.05) is 19.1 Å². The molecule has 1 aromatic heterocycles. The number of thiazole rings is 1. The summed E-state index contributed by atoms with van der Waals surface area (Å²) in [6.07, 6.45) is 0. The summed E-state index contributed by atoms with van der Waals surface area (Å²) in [7, 11) is 2.63. The van der Waals surface area contributed by atoms with Crippen LogP contribution >= 0.6 is 22.9 Å². The monoisotopic (exact) mass is 516 g/mol. The number of carbonyl (C=O) groups is 3. The van der Waals surface area contributed by atoms with E-state index in [0.29, 0.717) is 11.4 Å². The molecule has 35 heavy (non-hydrogen) atoms. The minimum Gasteiger partial charge on any atom is -0.507 e. The Morgan fingerprint density at radius 3 is 2.57 bits per heavy atom. The first-order valence-electron chi connectivity index (χ1n) is 10.1. The van der Waals surface area contributed by atoms with Crippen molar-refractivity contribution in [2.45, 2.75) is 13.0 Å². The number of amides is 1. The van der Waals surface area contributed by atoms with E-state index in [2.05, 4.69) is 4.98 Å². The lowest BCUT2D eigenvalue weighted by Crippen LogP contribution is -2.29. The number of hydrogen-bond acceptors (Lipinski definition) is 8. The topological polar surface area (TPSA) is 106 Å². The standard InChI is InChI=1S/C24H18ClFN2O6S/c1-11-21(23(32)34-3)35-24(27-11)28-18(12-5-4-6-14(26)9-12)17(20(30)22(28)31)19(29)13-7-8-16(33-2)15(25)10-13/h4-10,18,29H,1-3H3/b19-17+. The lowest BCUT2D eigenvalue weighted by molar-refractivity contribution is -0.132. The van der Waals surface area contributed by atoms with Gasteiger partial charge in [-0.25, -0.2) is 14.2 Å². The smallest absolute Gasteiger partial charge is 0.350 e. The second kappa shape index (κ2) is 9.47. The van der Waals surface area contributed by atoms with Gasteiger partial charge in [0.2, 0.25) is 0 Å². The van der Waals surface area contributed by atoms with Crippen LogP contribution in [0.2, 0.25) is 5.02 Å². The summed E-state index contributed by atoms with van der Waals surface area (Å²) in [5, 5.41) is 11.3. The van der Waals surface area contributed by atoms with E-state index in [1.165, 1.54) is 50.6 Å². The van der Waals surface area contributed by atoms with E-state index < -0.39 is 35.3 Å². The van der Waals surface area contributed by atoms with Gasteiger partial charge in [0.1, 0.15) is 22.2 Å². The van der Waals surface area contributed by atoms with Crippen LogP contribution < -0.4 is 9.64 Å². The van der Waals surface area contributed by atoms with Crippen LogP contribution in [0.3, 0.4) is 0 Å². The van der Waals surface area contributed by atoms with E-state index in [-0.39, 0.29) is 31.7 Å². The van der Waals surface area contributed by atoms with Crippen LogP contribution in [0.5, 0.6) is 5.75 Å². The van der Waals surface area contributed by atoms with Gasteiger partial charge in [-0.1, -0.05) is 35.1 Å². The lowest BCUT2D eigenvalue weighted by atomic mass is 9.95. The second-order valence-corrected chi connectivity index (χ2v) is 8.86. The molecule has 0 aliphatic carbocycles. The number of ketones is 1. The Balaban J connectivity index is 1.94. The molecule has 8 nitrogen and oxygen atoms in total. The molecule has 2 aromatic carbocycles. The molecule has 1 aliphatic heterocycles. The van der Waals surface area contributed by atoms with Crippen molar-refractivity contribution in [3.8, 4) is 5.75 Å². The zero-order valence-electron chi connectivity index (χ0n) is 18.7. The summed E-state index contributed by atoms with van der Waals surface area (Å²) in [4.78, 5) is 43.9. The van der Waals surface area contributed by atoms with Crippen LogP contribution in [-0.4, -0.2) is 42.0 Å². The van der Waals surface area contributed by atoms with Gasteiger partial charge in [0.15, 0.2) is 5.13 Å². The molecule has 11 heteroatoms. The Bertz CT molecular complexity index is 1400. The molecule has 1 unspecified atom stereocenters. The van der Waals surface area contributed by atoms with E-state index in [9.17, 15) is 23.9 Å². The minimum absolute atomic E-state index is 0.0195. The number of benzene rings is 2. The van der Waals surface area contributed by atoms with Crippen LogP contribution in [0, 0.1) is 12.7 Å². The molecule has 0 radical (unpaired) electrons. The van der Waals surface area contributed by atoms with Crippen LogP contribution in [0.1, 0.15) is 32.5 Å². The predicted molar refractivity (Wildman–Crippen MR) is 127 cm³/mol. The fraction of sp³-hybridized carbons (Fsp3) is 0.167. The van der Waals surface area contributed by atoms with E-state index in [1.54, 1.807) is 6.92 Å². The van der Waals surface area contributed by atoms with Gasteiger partial charge in [0.25, 0.3) is 5.78 Å². The second-order valence-electron chi connectivity index (χ2n) is 7.48. The number of aliphatic hydroxyl groups excluding tert-OH is 1. The Labute approximate surface area is 208 Å². The minimum atomic E-state index is -1.22. The first-order chi connectivity index (χ1) is 16.7. The predicted octanol–water partition coefficient (Wildman–Crippen LogP) is 4.67. The highest BCUT2D eigenvalue weighted by molar-refractivity contribution is 7.17. The third-order valence-corrected chi connectivity index (χ3v) is 6.83. The van der Waals surface area contributed by atoms with Crippen molar-refractivity contribution < 1.29 is 33.4 Å². The van der Waals surface area contributed by atoms with Gasteiger partial charge >= 0.3 is 11.9 Å². The number of esters is 1. The van der Waals surface area contributed by atoms with Crippen molar-refractivity contribution in [1.82, 2.24) is 4.98 Å². The fourth-order valence-electron chi connectivity index (χ4n) is 3.76. The number of carbonyl (C=O) groups excluding carboxylic acids is 3. The van der Waals surface area contributed by atoms with Gasteiger partial charge in [0.05, 0.1) is 36.6 Å². The maximum Gasteiger partial charge on any atom is 0.350 e. The SMILES string of the molecule is COC(=O)c1sc(N2C(=O)C(=O)/C(=C(/O)c3ccc(OC)c(Cl)c3)C2c2cccc(F)c2)nc1C. The molecule has 2 heterocycles. The highest BCUT2D eigenvalue weighted by Gasteiger charge is 2.48. The lowest BCUT2D eigenvalue weighted by Gasteiger charge is -2.23. The van der Waals surface area contributed by atoms with Crippen LogP contribution in [0.15, 0.2) is 48.0 Å². The average Bonchev–Trinajstić information content (AvgIpc) is 3.34. The Morgan fingerprint density at radius 1 is 1.20 bits per heavy atom. The summed E-state index contributed by atoms with van der Waals surface area (Å²) in [6.45, 7) is 1.55. The maximum absolute atomic E-state index is 14.2. The van der Waals surface area contributed by atoms with Gasteiger partial charge in [-0.15, -0.1) is 0 Å². The van der Waals surface area contributed by atoms with E-state index in [1.807, 2.05) is 0 Å². The normalized spacial score (nSPS) is 17.1. The van der Waals surface area contributed by atoms with Gasteiger partial charge in [-0.2, -0.15) is 0 Å². The molecule has 180 valence electrons. The highest BCUT2D eigenvalue weighted by atomic mass is 35.5. The molecule has 1 atom stereocenters. The maximum atomic E-state index is 14.2. The van der Waals surface area contributed by atoms with Crippen molar-refractivity contribution in [3.05, 3.63) is 80.6 Å². The Kier molecular flexibility index (Phi) is 6.60. The van der Waals surface area contributed by atoms with Crippen molar-refractivity contribution in [2.24, 2.45) is 0 Å². The summed E-state index contributed by atoms with van der Waals surface area (Å²) < 4.78 is 24.1. The molecule has 0 saturated carbocycles. The van der Waals surface area contributed by atoms with Gasteiger partial charge in [-0.3, -0.25) is 14.5 Å². The summed E-state index contributed by atoms with van der Waals surface area (Å²) in [6, 6.07) is 8.43. The van der Waals surface area contributed by atoms with Crippen LogP contribution in [-0.2, 0) is 14.3 Å². The first-order valence-corrected chi connectivity index (χ1v) is 11.3. The molecule has 0 spiro atoms. The number of aromatic nitrogens is 1. The third kappa shape index (κ3) is 4.26. The Morgan fingerprint density at radius 2 is 1.94 bits per heavy atom. The number of methoxy groups -OCH3 is 2. The summed E-state index contributed by atoms with van der Waals surface area (Å²) in [5.74, 6) is -3.42. The number of Topliss-reactive ketones (excluding diaryl/α,β-unsaturated/α-hetero) is 1. The van der Waals surface area contributed by atoms with Crippen LogP contribution in [0.25, 0.3) is 5.76 Å². The van der Waals surface area contributed by atoms with E-state index >= 15 is 0 Å². The van der Waals surface area contributed by atoms with Crippen molar-refractivity contribution >= 4 is 51.5 Å². The third-order valence-electron chi connectivity index (χ3n) is 5.40. The number of ether oxygens (including phenoxy) is 2. The molecule has 1 amide bonds. The number of rotatable bonds is 5. The number of aliphatic hydroxyl groups is 1. The fourth-order valence-corrected chi connectivity index (χ4v) is 5.03. The molecule has 1 aliphatic rings. The molecular formula is C24H18ClFN2O6S. The summed E-state index contributed by atoms with van der Waals surface area (Å²) >= 11 is 7.03. The zero-order valence-corrected chi connectivity index (χ0v) is 20.2.